The molecule has 1 aromatic rings. The Kier molecular flexibility index (Phi) is 5.79. The molecule has 1 fully saturated rings. The van der Waals surface area contributed by atoms with E-state index in [9.17, 15) is 0 Å². The molecule has 21 heavy (non-hydrogen) atoms. The fourth-order valence-corrected chi connectivity index (χ4v) is 2.89. The first kappa shape index (κ1) is 16.0. The number of piperidine rings is 1. The van der Waals surface area contributed by atoms with Crippen LogP contribution < -0.4 is 10.6 Å². The molecule has 0 aliphatic carbocycles. The van der Waals surface area contributed by atoms with Crippen molar-refractivity contribution in [1.29, 1.82) is 0 Å². The first-order valence-corrected chi connectivity index (χ1v) is 8.19. The van der Waals surface area contributed by atoms with Crippen LogP contribution in [0.4, 0.5) is 11.6 Å². The summed E-state index contributed by atoms with van der Waals surface area (Å²) in [5, 5.41) is 6.86. The molecule has 0 amide bonds. The summed E-state index contributed by atoms with van der Waals surface area (Å²) in [6.07, 6.45) is 2.56. The van der Waals surface area contributed by atoms with E-state index >= 15 is 0 Å². The summed E-state index contributed by atoms with van der Waals surface area (Å²) in [7, 11) is 0. The number of nitrogens with zero attached hydrogens (tertiary/aromatic N) is 3. The molecule has 0 unspecified atom stereocenters. The van der Waals surface area contributed by atoms with Gasteiger partial charge in [0.25, 0.3) is 0 Å². The maximum absolute atomic E-state index is 4.56. The van der Waals surface area contributed by atoms with Gasteiger partial charge in [-0.05, 0) is 59.2 Å². The second-order valence-corrected chi connectivity index (χ2v) is 5.88. The topological polar surface area (TPSA) is 53.1 Å². The van der Waals surface area contributed by atoms with E-state index in [0.717, 1.165) is 42.0 Å². The van der Waals surface area contributed by atoms with Crippen LogP contribution in [0.1, 0.15) is 38.1 Å². The van der Waals surface area contributed by atoms with Gasteiger partial charge in [-0.2, -0.15) is 0 Å². The third kappa shape index (κ3) is 4.30. The van der Waals surface area contributed by atoms with Crippen molar-refractivity contribution in [2.75, 3.05) is 43.4 Å². The van der Waals surface area contributed by atoms with E-state index in [2.05, 4.69) is 46.3 Å². The average Bonchev–Trinajstić information content (AvgIpc) is 2.50. The van der Waals surface area contributed by atoms with Gasteiger partial charge in [0.1, 0.15) is 17.5 Å². The van der Waals surface area contributed by atoms with Gasteiger partial charge in [-0.1, -0.05) is 6.92 Å². The van der Waals surface area contributed by atoms with Gasteiger partial charge in [0, 0.05) is 18.7 Å². The molecular weight excluding hydrogens is 262 g/mol. The fraction of sp³-hybridized carbons (Fsp3) is 0.750. The van der Waals surface area contributed by atoms with Crippen molar-refractivity contribution in [2.45, 2.75) is 40.5 Å². The smallest absolute Gasteiger partial charge is 0.134 e. The zero-order chi connectivity index (χ0) is 15.2. The van der Waals surface area contributed by atoms with E-state index in [1.807, 2.05) is 6.92 Å². The van der Waals surface area contributed by atoms with Crippen molar-refractivity contribution in [3.63, 3.8) is 0 Å². The van der Waals surface area contributed by atoms with E-state index < -0.39 is 0 Å². The Morgan fingerprint density at radius 3 is 2.24 bits per heavy atom. The summed E-state index contributed by atoms with van der Waals surface area (Å²) < 4.78 is 0. The van der Waals surface area contributed by atoms with Gasteiger partial charge < -0.3 is 15.5 Å². The molecule has 2 heterocycles. The summed E-state index contributed by atoms with van der Waals surface area (Å²) in [6.45, 7) is 13.9. The molecular formula is C16H29N5. The highest BCUT2D eigenvalue weighted by molar-refractivity contribution is 5.57. The Bertz CT molecular complexity index is 452. The predicted molar refractivity (Wildman–Crippen MR) is 89.0 cm³/mol. The molecule has 5 heteroatoms. The molecule has 2 rings (SSSR count). The third-order valence-corrected chi connectivity index (χ3v) is 4.31. The third-order valence-electron chi connectivity index (χ3n) is 4.31. The van der Waals surface area contributed by atoms with Crippen LogP contribution in [0.25, 0.3) is 0 Å². The molecule has 2 N–H and O–H groups in total. The van der Waals surface area contributed by atoms with Crippen LogP contribution in [0, 0.1) is 19.8 Å². The fourth-order valence-electron chi connectivity index (χ4n) is 2.89. The average molecular weight is 291 g/mol. The molecule has 1 aliphatic rings. The van der Waals surface area contributed by atoms with Gasteiger partial charge in [0.05, 0.1) is 0 Å². The first-order chi connectivity index (χ1) is 10.1. The molecule has 5 nitrogen and oxygen atoms in total. The van der Waals surface area contributed by atoms with Crippen molar-refractivity contribution in [2.24, 2.45) is 5.92 Å². The van der Waals surface area contributed by atoms with Gasteiger partial charge in [-0.15, -0.1) is 0 Å². The molecule has 0 aromatic carbocycles. The number of rotatable bonds is 6. The molecule has 0 saturated carbocycles. The van der Waals surface area contributed by atoms with Gasteiger partial charge in [-0.25, -0.2) is 9.97 Å². The highest BCUT2D eigenvalue weighted by atomic mass is 15.1. The van der Waals surface area contributed by atoms with Crippen molar-refractivity contribution >= 4 is 11.6 Å². The van der Waals surface area contributed by atoms with Gasteiger partial charge in [-0.3, -0.25) is 0 Å². The summed E-state index contributed by atoms with van der Waals surface area (Å²) in [5.41, 5.74) is 1.12. The number of aromatic nitrogens is 2. The lowest BCUT2D eigenvalue weighted by Crippen LogP contribution is -2.35. The number of nitrogens with one attached hydrogen (secondary N) is 2. The van der Waals surface area contributed by atoms with Gasteiger partial charge in [0.15, 0.2) is 0 Å². The summed E-state index contributed by atoms with van der Waals surface area (Å²) in [4.78, 5) is 11.6. The maximum atomic E-state index is 4.56. The van der Waals surface area contributed by atoms with Crippen LogP contribution in [0.2, 0.25) is 0 Å². The van der Waals surface area contributed by atoms with Crippen molar-refractivity contribution in [3.8, 4) is 0 Å². The highest BCUT2D eigenvalue weighted by Crippen LogP contribution is 2.22. The van der Waals surface area contributed by atoms with E-state index in [1.165, 1.54) is 32.5 Å². The molecule has 1 aromatic heterocycles. The maximum Gasteiger partial charge on any atom is 0.134 e. The predicted octanol–water partition coefficient (Wildman–Crippen LogP) is 2.67. The SMILES string of the molecule is CCNc1nc(C)nc(NCC2CCN(CC)CC2)c1C. The van der Waals surface area contributed by atoms with Crippen LogP contribution in [-0.2, 0) is 0 Å². The van der Waals surface area contributed by atoms with Gasteiger partial charge >= 0.3 is 0 Å². The monoisotopic (exact) mass is 291 g/mol. The summed E-state index contributed by atoms with van der Waals surface area (Å²) in [6, 6.07) is 0. The quantitative estimate of drug-likeness (QED) is 0.844. The minimum Gasteiger partial charge on any atom is -0.370 e. The van der Waals surface area contributed by atoms with E-state index in [-0.39, 0.29) is 0 Å². The van der Waals surface area contributed by atoms with Crippen LogP contribution >= 0.6 is 0 Å². The largest absolute Gasteiger partial charge is 0.370 e. The standard InChI is InChI=1S/C16H29N5/c1-5-17-15-12(3)16(20-13(4)19-15)18-11-14-7-9-21(6-2)10-8-14/h14H,5-11H2,1-4H3,(H2,17,18,19,20). The van der Waals surface area contributed by atoms with Crippen LogP contribution in [0.5, 0.6) is 0 Å². The molecule has 0 spiro atoms. The molecule has 118 valence electrons. The van der Waals surface area contributed by atoms with E-state index in [4.69, 9.17) is 0 Å². The highest BCUT2D eigenvalue weighted by Gasteiger charge is 2.18. The molecule has 0 bridgehead atoms. The van der Waals surface area contributed by atoms with Crippen molar-refractivity contribution in [1.82, 2.24) is 14.9 Å². The lowest BCUT2D eigenvalue weighted by Gasteiger charge is -2.31. The van der Waals surface area contributed by atoms with Crippen LogP contribution in [0.3, 0.4) is 0 Å². The lowest BCUT2D eigenvalue weighted by molar-refractivity contribution is 0.198. The Balaban J connectivity index is 1.94. The Morgan fingerprint density at radius 2 is 1.67 bits per heavy atom. The summed E-state index contributed by atoms with van der Waals surface area (Å²) in [5.74, 6) is 3.51. The van der Waals surface area contributed by atoms with Crippen molar-refractivity contribution in [3.05, 3.63) is 11.4 Å². The Hall–Kier alpha value is -1.36. The Labute approximate surface area is 128 Å². The van der Waals surface area contributed by atoms with Gasteiger partial charge in [0.2, 0.25) is 0 Å². The number of likely N-dealkylation sites (tertiary alicyclic amines) is 1. The number of aryl methyl sites for hydroxylation is 1. The van der Waals surface area contributed by atoms with Crippen LogP contribution in [0.15, 0.2) is 0 Å². The normalized spacial score (nSPS) is 17.0. The Morgan fingerprint density at radius 1 is 1.05 bits per heavy atom. The van der Waals surface area contributed by atoms with E-state index in [0.29, 0.717) is 0 Å². The molecule has 1 saturated heterocycles. The molecule has 1 aliphatic heterocycles. The second kappa shape index (κ2) is 7.59. The number of hydrogen-bond acceptors (Lipinski definition) is 5. The minimum absolute atomic E-state index is 0.755. The molecule has 0 radical (unpaired) electrons. The number of anilines is 2. The molecule has 0 atom stereocenters. The lowest BCUT2D eigenvalue weighted by atomic mass is 9.97. The van der Waals surface area contributed by atoms with Crippen molar-refractivity contribution < 1.29 is 0 Å². The minimum atomic E-state index is 0.755. The zero-order valence-corrected chi connectivity index (χ0v) is 13.9. The second-order valence-electron chi connectivity index (χ2n) is 5.88. The summed E-state index contributed by atoms with van der Waals surface area (Å²) >= 11 is 0. The van der Waals surface area contributed by atoms with Crippen LogP contribution in [-0.4, -0.2) is 47.6 Å². The van der Waals surface area contributed by atoms with E-state index in [1.54, 1.807) is 0 Å². The number of hydrogen-bond donors (Lipinski definition) is 2. The first-order valence-electron chi connectivity index (χ1n) is 8.19. The zero-order valence-electron chi connectivity index (χ0n) is 13.9.